The maximum atomic E-state index is 14.1. The molecule has 1 fully saturated rings. The Bertz CT molecular complexity index is 844. The molecule has 24 heavy (non-hydrogen) atoms. The Morgan fingerprint density at radius 1 is 1.29 bits per heavy atom. The maximum absolute atomic E-state index is 14.1. The Balaban J connectivity index is 2.06. The van der Waals surface area contributed by atoms with Gasteiger partial charge in [0.05, 0.1) is 6.04 Å². The van der Waals surface area contributed by atoms with E-state index < -0.39 is 32.6 Å². The summed E-state index contributed by atoms with van der Waals surface area (Å²) in [5.74, 6) is -1.85. The first kappa shape index (κ1) is 16.9. The molecule has 1 aromatic heterocycles. The van der Waals surface area contributed by atoms with Gasteiger partial charge in [-0.15, -0.1) is 0 Å². The topological polar surface area (TPSA) is 62.3 Å². The quantitative estimate of drug-likeness (QED) is 0.917. The van der Waals surface area contributed by atoms with Crippen molar-refractivity contribution in [1.82, 2.24) is 14.6 Å². The molecule has 2 heterocycles. The highest BCUT2D eigenvalue weighted by Gasteiger charge is 2.36. The molecule has 1 N–H and O–H groups in total. The molecule has 1 atom stereocenters. The number of nitrogens with zero attached hydrogens (tertiary/aromatic N) is 2. The molecule has 1 aliphatic rings. The van der Waals surface area contributed by atoms with E-state index in [-0.39, 0.29) is 12.1 Å². The molecule has 2 aromatic rings. The zero-order chi connectivity index (χ0) is 17.3. The first-order valence-electron chi connectivity index (χ1n) is 7.49. The van der Waals surface area contributed by atoms with Crippen LogP contribution < -0.4 is 5.32 Å². The summed E-state index contributed by atoms with van der Waals surface area (Å²) in [5, 5.41) is 3.13. The van der Waals surface area contributed by atoms with Gasteiger partial charge in [0.1, 0.15) is 16.5 Å². The molecule has 0 radical (unpaired) electrons. The van der Waals surface area contributed by atoms with Crippen molar-refractivity contribution < 1.29 is 17.2 Å². The molecule has 1 aromatic carbocycles. The van der Waals surface area contributed by atoms with Gasteiger partial charge in [0, 0.05) is 38.1 Å². The molecule has 0 saturated carbocycles. The fourth-order valence-electron chi connectivity index (χ4n) is 2.79. The molecule has 1 aliphatic heterocycles. The molecular weight excluding hydrogens is 336 g/mol. The molecule has 0 aliphatic carbocycles. The smallest absolute Gasteiger partial charge is 0.246 e. The zero-order valence-electron chi connectivity index (χ0n) is 13.0. The number of sulfonamides is 1. The number of pyridine rings is 1. The van der Waals surface area contributed by atoms with Gasteiger partial charge < -0.3 is 5.32 Å². The van der Waals surface area contributed by atoms with E-state index >= 15 is 0 Å². The molecule has 0 amide bonds. The molecule has 0 spiro atoms. The molecular formula is C16H17F2N3O2S. The van der Waals surface area contributed by atoms with Crippen molar-refractivity contribution in [2.24, 2.45) is 0 Å². The Morgan fingerprint density at radius 2 is 2.08 bits per heavy atom. The van der Waals surface area contributed by atoms with Gasteiger partial charge in [-0.1, -0.05) is 6.07 Å². The number of hydrogen-bond acceptors (Lipinski definition) is 4. The average Bonchev–Trinajstić information content (AvgIpc) is 2.59. The highest BCUT2D eigenvalue weighted by Crippen LogP contribution is 2.30. The van der Waals surface area contributed by atoms with E-state index in [9.17, 15) is 17.2 Å². The third kappa shape index (κ3) is 3.04. The number of piperazine rings is 1. The Hall–Kier alpha value is -1.90. The van der Waals surface area contributed by atoms with Gasteiger partial charge in [0.2, 0.25) is 10.0 Å². The first-order valence-corrected chi connectivity index (χ1v) is 8.93. The number of benzene rings is 1. The lowest BCUT2D eigenvalue weighted by molar-refractivity contribution is 0.270. The summed E-state index contributed by atoms with van der Waals surface area (Å²) in [7, 11) is -4.11. The van der Waals surface area contributed by atoms with Crippen molar-refractivity contribution in [1.29, 1.82) is 0 Å². The van der Waals surface area contributed by atoms with Crippen molar-refractivity contribution >= 4 is 10.0 Å². The van der Waals surface area contributed by atoms with Crippen molar-refractivity contribution in [3.05, 3.63) is 59.4 Å². The summed E-state index contributed by atoms with van der Waals surface area (Å²) in [4.78, 5) is 3.52. The number of aryl methyl sites for hydroxylation is 1. The van der Waals surface area contributed by atoms with Gasteiger partial charge >= 0.3 is 0 Å². The minimum atomic E-state index is -4.11. The lowest BCUT2D eigenvalue weighted by atomic mass is 10.1. The van der Waals surface area contributed by atoms with Crippen LogP contribution in [0.4, 0.5) is 8.78 Å². The van der Waals surface area contributed by atoms with Crippen LogP contribution in [0.1, 0.15) is 17.2 Å². The minimum absolute atomic E-state index is 0.0861. The van der Waals surface area contributed by atoms with Gasteiger partial charge in [0.15, 0.2) is 0 Å². The van der Waals surface area contributed by atoms with E-state index in [2.05, 4.69) is 10.3 Å². The second-order valence-electron chi connectivity index (χ2n) is 5.65. The van der Waals surface area contributed by atoms with Crippen LogP contribution >= 0.6 is 0 Å². The molecule has 3 rings (SSSR count). The number of aromatic nitrogens is 1. The Morgan fingerprint density at radius 3 is 2.79 bits per heavy atom. The van der Waals surface area contributed by atoms with Gasteiger partial charge in [-0.05, 0) is 30.2 Å². The average molecular weight is 353 g/mol. The maximum Gasteiger partial charge on any atom is 0.246 e. The van der Waals surface area contributed by atoms with E-state index in [4.69, 9.17) is 0 Å². The number of halogens is 2. The number of hydrogen-bond donors (Lipinski definition) is 1. The molecule has 8 heteroatoms. The van der Waals surface area contributed by atoms with Gasteiger partial charge in [-0.25, -0.2) is 17.2 Å². The fraction of sp³-hybridized carbons (Fsp3) is 0.312. The van der Waals surface area contributed by atoms with Crippen LogP contribution in [-0.4, -0.2) is 37.3 Å². The summed E-state index contributed by atoms with van der Waals surface area (Å²) < 4.78 is 54.8. The van der Waals surface area contributed by atoms with Crippen molar-refractivity contribution in [2.45, 2.75) is 17.9 Å². The summed E-state index contributed by atoms with van der Waals surface area (Å²) in [6.07, 6.45) is 3.19. The van der Waals surface area contributed by atoms with Crippen molar-refractivity contribution in [3.8, 4) is 0 Å². The van der Waals surface area contributed by atoms with Gasteiger partial charge in [0.25, 0.3) is 0 Å². The second-order valence-corrected chi connectivity index (χ2v) is 7.51. The monoisotopic (exact) mass is 353 g/mol. The first-order chi connectivity index (χ1) is 11.4. The molecule has 0 bridgehead atoms. The van der Waals surface area contributed by atoms with Crippen LogP contribution in [0.5, 0.6) is 0 Å². The normalized spacial score (nSPS) is 19.4. The van der Waals surface area contributed by atoms with Crippen LogP contribution in [0.25, 0.3) is 0 Å². The summed E-state index contributed by atoms with van der Waals surface area (Å²) in [5.41, 5.74) is 0.801. The van der Waals surface area contributed by atoms with Crippen LogP contribution in [0.3, 0.4) is 0 Å². The highest BCUT2D eigenvalue weighted by molar-refractivity contribution is 7.89. The SMILES string of the molecule is Cc1cc(S(=O)(=O)N2CCNCC2c2cccnc2)c(F)cc1F. The zero-order valence-corrected chi connectivity index (χ0v) is 13.9. The summed E-state index contributed by atoms with van der Waals surface area (Å²) in [6.45, 7) is 2.45. The Labute approximate surface area is 139 Å². The van der Waals surface area contributed by atoms with Gasteiger partial charge in [-0.2, -0.15) is 4.31 Å². The van der Waals surface area contributed by atoms with E-state index in [0.29, 0.717) is 24.7 Å². The van der Waals surface area contributed by atoms with Crippen LogP contribution in [0, 0.1) is 18.6 Å². The fourth-order valence-corrected chi connectivity index (χ4v) is 4.53. The lowest BCUT2D eigenvalue weighted by Crippen LogP contribution is -2.48. The third-order valence-electron chi connectivity index (χ3n) is 4.06. The van der Waals surface area contributed by atoms with E-state index in [1.165, 1.54) is 11.2 Å². The van der Waals surface area contributed by atoms with Crippen molar-refractivity contribution in [3.63, 3.8) is 0 Å². The predicted molar refractivity (Wildman–Crippen MR) is 84.8 cm³/mol. The third-order valence-corrected chi connectivity index (χ3v) is 5.99. The predicted octanol–water partition coefficient (Wildman–Crippen LogP) is 2.00. The van der Waals surface area contributed by atoms with Crippen LogP contribution in [-0.2, 0) is 10.0 Å². The number of nitrogens with one attached hydrogen (secondary N) is 1. The minimum Gasteiger partial charge on any atom is -0.313 e. The highest BCUT2D eigenvalue weighted by atomic mass is 32.2. The van der Waals surface area contributed by atoms with Crippen molar-refractivity contribution in [2.75, 3.05) is 19.6 Å². The van der Waals surface area contributed by atoms with Crippen LogP contribution in [0.15, 0.2) is 41.6 Å². The molecule has 1 unspecified atom stereocenters. The van der Waals surface area contributed by atoms with E-state index in [1.807, 2.05) is 0 Å². The Kier molecular flexibility index (Phi) is 4.62. The van der Waals surface area contributed by atoms with E-state index in [0.717, 1.165) is 6.07 Å². The van der Waals surface area contributed by atoms with E-state index in [1.54, 1.807) is 24.5 Å². The molecule has 1 saturated heterocycles. The largest absolute Gasteiger partial charge is 0.313 e. The summed E-state index contributed by atoms with van der Waals surface area (Å²) >= 11 is 0. The van der Waals surface area contributed by atoms with Crippen LogP contribution in [0.2, 0.25) is 0 Å². The standard InChI is InChI=1S/C16H17F2N3O2S/c1-11-7-16(14(18)8-13(11)17)24(22,23)21-6-5-20-10-15(21)12-3-2-4-19-9-12/h2-4,7-9,15,20H,5-6,10H2,1H3. The molecule has 5 nitrogen and oxygen atoms in total. The second kappa shape index (κ2) is 6.54. The number of rotatable bonds is 3. The summed E-state index contributed by atoms with van der Waals surface area (Å²) in [6, 6.07) is 4.66. The molecule has 128 valence electrons. The lowest BCUT2D eigenvalue weighted by Gasteiger charge is -2.35. The van der Waals surface area contributed by atoms with Gasteiger partial charge in [-0.3, -0.25) is 4.98 Å².